The normalized spacial score (nSPS) is 12.1. The minimum Gasteiger partial charge on any atom is -0.362 e. The Morgan fingerprint density at radius 1 is 1.67 bits per heavy atom. The van der Waals surface area contributed by atoms with E-state index in [1.807, 2.05) is 0 Å². The first-order chi connectivity index (χ1) is 5.35. The van der Waals surface area contributed by atoms with Crippen molar-refractivity contribution in [3.8, 4) is 0 Å². The zero-order valence-corrected chi connectivity index (χ0v) is 7.71. The highest BCUT2D eigenvalue weighted by molar-refractivity contribution is 7.34. The lowest BCUT2D eigenvalue weighted by molar-refractivity contribution is -0.133. The molecule has 0 aliphatic rings. The fraction of sp³-hybridized carbons (Fsp3) is 0.500. The summed E-state index contributed by atoms with van der Waals surface area (Å²) in [6.07, 6.45) is 0.848. The quantitative estimate of drug-likeness (QED) is 0.411. The number of carbonyl (C=O) groups excluding carboxylic acids is 1. The van der Waals surface area contributed by atoms with Crippen molar-refractivity contribution in [1.29, 1.82) is 0 Å². The Bertz CT molecular complexity index is 204. The van der Waals surface area contributed by atoms with Gasteiger partial charge in [-0.1, -0.05) is 11.1 Å². The SMILES string of the molecule is C=CC(=O)O[P+](=O)OC(C)(C)O. The second kappa shape index (κ2) is 4.30. The molecule has 0 bridgehead atoms. The van der Waals surface area contributed by atoms with E-state index in [-0.39, 0.29) is 0 Å². The van der Waals surface area contributed by atoms with Crippen LogP contribution in [0.2, 0.25) is 0 Å². The van der Waals surface area contributed by atoms with Crippen LogP contribution in [-0.4, -0.2) is 16.9 Å². The first kappa shape index (κ1) is 11.2. The standard InChI is InChI=1S/C6H10O5P/c1-4-5(7)10-12(9)11-6(2,3)8/h4,8H,1H2,2-3H3/q+1. The minimum absolute atomic E-state index is 0.848. The summed E-state index contributed by atoms with van der Waals surface area (Å²) in [6, 6.07) is 0. The molecule has 0 aromatic rings. The fourth-order valence-electron chi connectivity index (χ4n) is 0.312. The van der Waals surface area contributed by atoms with E-state index in [9.17, 15) is 9.36 Å². The molecule has 1 atom stereocenters. The number of hydrogen-bond acceptors (Lipinski definition) is 5. The summed E-state index contributed by atoms with van der Waals surface area (Å²) in [6.45, 7) is 5.62. The van der Waals surface area contributed by atoms with Crippen LogP contribution < -0.4 is 0 Å². The van der Waals surface area contributed by atoms with Crippen LogP contribution in [0.25, 0.3) is 0 Å². The van der Waals surface area contributed by atoms with E-state index in [1.54, 1.807) is 0 Å². The number of rotatable bonds is 4. The Balaban J connectivity index is 3.91. The highest BCUT2D eigenvalue weighted by Crippen LogP contribution is 2.29. The maximum absolute atomic E-state index is 10.7. The molecule has 0 saturated heterocycles. The van der Waals surface area contributed by atoms with Crippen molar-refractivity contribution in [2.45, 2.75) is 19.6 Å². The van der Waals surface area contributed by atoms with Gasteiger partial charge in [-0.05, 0) is 13.8 Å². The van der Waals surface area contributed by atoms with Gasteiger partial charge in [-0.2, -0.15) is 4.52 Å². The van der Waals surface area contributed by atoms with Crippen LogP contribution in [0.15, 0.2) is 12.7 Å². The molecule has 12 heavy (non-hydrogen) atoms. The lowest BCUT2D eigenvalue weighted by atomic mass is 10.4. The Labute approximate surface area is 70.9 Å². The Morgan fingerprint density at radius 2 is 2.17 bits per heavy atom. The molecular weight excluding hydrogens is 183 g/mol. The summed E-state index contributed by atoms with van der Waals surface area (Å²) in [5.41, 5.74) is 0. The second-order valence-electron chi connectivity index (χ2n) is 2.38. The lowest BCUT2D eigenvalue weighted by Crippen LogP contribution is -2.19. The molecule has 0 heterocycles. The Morgan fingerprint density at radius 3 is 2.50 bits per heavy atom. The van der Waals surface area contributed by atoms with Gasteiger partial charge in [0.2, 0.25) is 5.79 Å². The van der Waals surface area contributed by atoms with Gasteiger partial charge in [0.05, 0.1) is 0 Å². The van der Waals surface area contributed by atoms with Gasteiger partial charge in [0.1, 0.15) is 0 Å². The molecule has 0 fully saturated rings. The van der Waals surface area contributed by atoms with Crippen molar-refractivity contribution in [2.75, 3.05) is 0 Å². The molecule has 0 aliphatic carbocycles. The molecule has 0 radical (unpaired) electrons. The number of hydrogen-bond donors (Lipinski definition) is 1. The molecule has 1 unspecified atom stereocenters. The van der Waals surface area contributed by atoms with Crippen LogP contribution in [0, 0.1) is 0 Å². The van der Waals surface area contributed by atoms with Gasteiger partial charge in [-0.25, -0.2) is 4.79 Å². The van der Waals surface area contributed by atoms with Gasteiger partial charge in [0, 0.05) is 10.6 Å². The molecule has 0 amide bonds. The molecule has 0 rings (SSSR count). The average molecular weight is 193 g/mol. The predicted octanol–water partition coefficient (Wildman–Crippen LogP) is 1.12. The minimum atomic E-state index is -2.63. The molecular formula is C6H10O5P+. The molecule has 0 saturated carbocycles. The van der Waals surface area contributed by atoms with Crippen molar-refractivity contribution >= 4 is 14.2 Å². The van der Waals surface area contributed by atoms with Crippen LogP contribution in [0.1, 0.15) is 13.8 Å². The number of carbonyl (C=O) groups is 1. The maximum Gasteiger partial charge on any atom is 0.756 e. The molecule has 0 spiro atoms. The molecule has 0 aromatic carbocycles. The molecule has 68 valence electrons. The largest absolute Gasteiger partial charge is 0.756 e. The van der Waals surface area contributed by atoms with Gasteiger partial charge in [0.15, 0.2) is 0 Å². The van der Waals surface area contributed by atoms with Crippen LogP contribution in [0.5, 0.6) is 0 Å². The third kappa shape index (κ3) is 5.97. The topological polar surface area (TPSA) is 72.8 Å². The van der Waals surface area contributed by atoms with E-state index < -0.39 is 20.0 Å². The smallest absolute Gasteiger partial charge is 0.362 e. The summed E-state index contributed by atoms with van der Waals surface area (Å²) in [5, 5.41) is 8.95. The summed E-state index contributed by atoms with van der Waals surface area (Å²) >= 11 is 0. The molecule has 5 nitrogen and oxygen atoms in total. The van der Waals surface area contributed by atoms with Gasteiger partial charge < -0.3 is 5.11 Å². The summed E-state index contributed by atoms with van der Waals surface area (Å²) in [5.74, 6) is -2.45. The zero-order valence-electron chi connectivity index (χ0n) is 6.81. The van der Waals surface area contributed by atoms with Gasteiger partial charge in [-0.15, -0.1) is 0 Å². The zero-order chi connectivity index (χ0) is 9.78. The predicted molar refractivity (Wildman–Crippen MR) is 41.3 cm³/mol. The molecule has 0 aliphatic heterocycles. The van der Waals surface area contributed by atoms with Gasteiger partial charge >= 0.3 is 14.2 Å². The molecule has 0 aromatic heterocycles. The lowest BCUT2D eigenvalue weighted by Gasteiger charge is -2.05. The monoisotopic (exact) mass is 193 g/mol. The van der Waals surface area contributed by atoms with Gasteiger partial charge in [-0.3, -0.25) is 0 Å². The fourth-order valence-corrected chi connectivity index (χ4v) is 0.935. The highest BCUT2D eigenvalue weighted by atomic mass is 31.1. The molecule has 1 N–H and O–H groups in total. The van der Waals surface area contributed by atoms with Crippen molar-refractivity contribution in [3.05, 3.63) is 12.7 Å². The Hall–Kier alpha value is -0.770. The second-order valence-corrected chi connectivity index (χ2v) is 3.19. The van der Waals surface area contributed by atoms with E-state index >= 15 is 0 Å². The third-order valence-corrected chi connectivity index (χ3v) is 1.55. The molecule has 6 heteroatoms. The van der Waals surface area contributed by atoms with Crippen LogP contribution in [0.3, 0.4) is 0 Å². The van der Waals surface area contributed by atoms with E-state index in [0.29, 0.717) is 0 Å². The van der Waals surface area contributed by atoms with Crippen molar-refractivity contribution in [3.63, 3.8) is 0 Å². The van der Waals surface area contributed by atoms with Crippen molar-refractivity contribution in [2.24, 2.45) is 0 Å². The maximum atomic E-state index is 10.7. The first-order valence-corrected chi connectivity index (χ1v) is 4.18. The van der Waals surface area contributed by atoms with E-state index in [1.165, 1.54) is 13.8 Å². The first-order valence-electron chi connectivity index (χ1n) is 3.08. The highest BCUT2D eigenvalue weighted by Gasteiger charge is 2.34. The summed E-state index contributed by atoms with van der Waals surface area (Å²) in [7, 11) is -2.63. The van der Waals surface area contributed by atoms with Crippen LogP contribution in [0.4, 0.5) is 0 Å². The third-order valence-electron chi connectivity index (χ3n) is 0.629. The van der Waals surface area contributed by atoms with Crippen LogP contribution in [-0.2, 0) is 18.4 Å². The number of aliphatic hydroxyl groups is 1. The van der Waals surface area contributed by atoms with Crippen LogP contribution >= 0.6 is 8.25 Å². The average Bonchev–Trinajstić information content (AvgIpc) is 1.82. The van der Waals surface area contributed by atoms with E-state index in [0.717, 1.165) is 6.08 Å². The summed E-state index contributed by atoms with van der Waals surface area (Å²) in [4.78, 5) is 10.4. The van der Waals surface area contributed by atoms with E-state index in [2.05, 4.69) is 15.6 Å². The Kier molecular flexibility index (Phi) is 4.03. The van der Waals surface area contributed by atoms with Crippen molar-refractivity contribution < 1.29 is 23.5 Å². The van der Waals surface area contributed by atoms with Crippen molar-refractivity contribution in [1.82, 2.24) is 0 Å². The van der Waals surface area contributed by atoms with Gasteiger partial charge in [0.25, 0.3) is 0 Å². The summed E-state index contributed by atoms with van der Waals surface area (Å²) < 4.78 is 19.2. The van der Waals surface area contributed by atoms with E-state index in [4.69, 9.17) is 5.11 Å².